The Labute approximate surface area is 207 Å². The van der Waals surface area contributed by atoms with E-state index in [2.05, 4.69) is 30.5 Å². The Morgan fingerprint density at radius 3 is 2.61 bits per heavy atom. The number of nitrogens with zero attached hydrogens (tertiary/aromatic N) is 4. The number of methoxy groups -OCH3 is 1. The summed E-state index contributed by atoms with van der Waals surface area (Å²) in [5.41, 5.74) is 6.22. The minimum absolute atomic E-state index is 0.00528. The number of aromatic nitrogens is 5. The molecular formula is C22H19ClF3N7O3. The van der Waals surface area contributed by atoms with Crippen LogP contribution in [0.3, 0.4) is 0 Å². The molecule has 1 aromatic carbocycles. The number of alkyl halides is 3. The van der Waals surface area contributed by atoms with Crippen molar-refractivity contribution >= 4 is 39.6 Å². The van der Waals surface area contributed by atoms with Gasteiger partial charge in [-0.2, -0.15) is 18.3 Å². The molecule has 0 aliphatic heterocycles. The van der Waals surface area contributed by atoms with Gasteiger partial charge in [0.05, 0.1) is 7.11 Å². The zero-order chi connectivity index (χ0) is 26.3. The van der Waals surface area contributed by atoms with Crippen molar-refractivity contribution in [2.45, 2.75) is 19.1 Å². The molecule has 0 spiro atoms. The molecule has 0 radical (unpaired) electrons. The molecule has 0 aliphatic rings. The number of nitrogens with two attached hydrogens (primary N) is 1. The first kappa shape index (κ1) is 26.3. The molecule has 188 valence electrons. The Morgan fingerprint density at radius 2 is 1.92 bits per heavy atom. The number of hydrogen-bond acceptors (Lipinski definition) is 8. The number of aromatic amines is 1. The van der Waals surface area contributed by atoms with Gasteiger partial charge in [-0.3, -0.25) is 19.7 Å². The Bertz CT molecular complexity index is 1380. The molecule has 1 amide bonds. The lowest BCUT2D eigenvalue weighted by atomic mass is 10.1. The summed E-state index contributed by atoms with van der Waals surface area (Å²) in [6, 6.07) is 9.52. The molecule has 0 atom stereocenters. The summed E-state index contributed by atoms with van der Waals surface area (Å²) >= 11 is 5.23. The van der Waals surface area contributed by atoms with Crippen molar-refractivity contribution in [1.82, 2.24) is 30.5 Å². The Balaban J connectivity index is 0.000000253. The first-order valence-electron chi connectivity index (χ1n) is 10.1. The molecule has 0 saturated carbocycles. The van der Waals surface area contributed by atoms with E-state index in [1.54, 1.807) is 13.2 Å². The molecule has 0 bridgehead atoms. The van der Waals surface area contributed by atoms with E-state index in [4.69, 9.17) is 22.1 Å². The molecule has 36 heavy (non-hydrogen) atoms. The number of ether oxygens (including phenoxy) is 1. The summed E-state index contributed by atoms with van der Waals surface area (Å²) < 4.78 is 42.8. The van der Waals surface area contributed by atoms with Crippen molar-refractivity contribution in [2.24, 2.45) is 0 Å². The number of anilines is 1. The Kier molecular flexibility index (Phi) is 8.38. The van der Waals surface area contributed by atoms with Crippen molar-refractivity contribution in [3.8, 4) is 5.75 Å². The van der Waals surface area contributed by atoms with Crippen LogP contribution >= 0.6 is 11.6 Å². The molecule has 4 aromatic rings. The van der Waals surface area contributed by atoms with Crippen LogP contribution in [0.25, 0.3) is 11.0 Å². The highest BCUT2D eigenvalue weighted by molar-refractivity contribution is 6.63. The van der Waals surface area contributed by atoms with Crippen molar-refractivity contribution < 1.29 is 27.5 Å². The van der Waals surface area contributed by atoms with Crippen molar-refractivity contribution in [2.75, 3.05) is 12.8 Å². The first-order chi connectivity index (χ1) is 17.1. The zero-order valence-electron chi connectivity index (χ0n) is 18.6. The summed E-state index contributed by atoms with van der Waals surface area (Å²) in [5.74, 6) is 0.257. The number of pyridine rings is 1. The van der Waals surface area contributed by atoms with Crippen LogP contribution in [0.1, 0.15) is 27.3 Å². The van der Waals surface area contributed by atoms with Crippen LogP contribution in [0, 0.1) is 0 Å². The summed E-state index contributed by atoms with van der Waals surface area (Å²) in [6.45, 7) is -0.125. The minimum Gasteiger partial charge on any atom is -0.497 e. The predicted molar refractivity (Wildman–Crippen MR) is 124 cm³/mol. The normalized spacial score (nSPS) is 10.9. The largest absolute Gasteiger partial charge is 0.497 e. The number of nitrogen functional groups attached to an aromatic ring is 1. The average Bonchev–Trinajstić information content (AvgIpc) is 3.23. The Morgan fingerprint density at radius 1 is 1.14 bits per heavy atom. The van der Waals surface area contributed by atoms with Gasteiger partial charge in [0.2, 0.25) is 5.24 Å². The van der Waals surface area contributed by atoms with Gasteiger partial charge in [0.25, 0.3) is 5.91 Å². The predicted octanol–water partition coefficient (Wildman–Crippen LogP) is 3.28. The van der Waals surface area contributed by atoms with Crippen LogP contribution in [0.15, 0.2) is 48.9 Å². The third-order valence-corrected chi connectivity index (χ3v) is 4.77. The average molecular weight is 522 g/mol. The summed E-state index contributed by atoms with van der Waals surface area (Å²) in [4.78, 5) is 33.7. The molecule has 0 saturated heterocycles. The van der Waals surface area contributed by atoms with Gasteiger partial charge in [0, 0.05) is 19.2 Å². The number of hydrogen-bond donors (Lipinski definition) is 3. The van der Waals surface area contributed by atoms with Crippen LogP contribution in [-0.4, -0.2) is 43.4 Å². The van der Waals surface area contributed by atoms with E-state index in [1.165, 1.54) is 6.07 Å². The second-order valence-corrected chi connectivity index (χ2v) is 7.59. The van der Waals surface area contributed by atoms with E-state index in [-0.39, 0.29) is 40.8 Å². The molecule has 0 unspecified atom stereocenters. The van der Waals surface area contributed by atoms with E-state index in [0.717, 1.165) is 29.9 Å². The second-order valence-electron chi connectivity index (χ2n) is 7.17. The third kappa shape index (κ3) is 6.88. The van der Waals surface area contributed by atoms with Crippen LogP contribution in [-0.2, 0) is 23.9 Å². The second kappa shape index (κ2) is 11.4. The zero-order valence-corrected chi connectivity index (χ0v) is 19.4. The van der Waals surface area contributed by atoms with Gasteiger partial charge in [0.1, 0.15) is 28.8 Å². The van der Waals surface area contributed by atoms with Crippen LogP contribution in [0.4, 0.5) is 19.0 Å². The lowest BCUT2D eigenvalue weighted by Crippen LogP contribution is -2.24. The number of amides is 1. The van der Waals surface area contributed by atoms with E-state index < -0.39 is 17.8 Å². The van der Waals surface area contributed by atoms with Crippen LogP contribution in [0.5, 0.6) is 5.75 Å². The number of halogens is 4. The van der Waals surface area contributed by atoms with E-state index in [9.17, 15) is 22.8 Å². The molecule has 10 nitrogen and oxygen atoms in total. The van der Waals surface area contributed by atoms with Gasteiger partial charge in [-0.05, 0) is 47.0 Å². The molecule has 14 heteroatoms. The molecule has 3 heterocycles. The molecule has 4 rings (SSSR count). The van der Waals surface area contributed by atoms with Crippen LogP contribution < -0.4 is 15.8 Å². The molecule has 0 fully saturated rings. The quantitative estimate of drug-likeness (QED) is 0.327. The summed E-state index contributed by atoms with van der Waals surface area (Å²) in [6.07, 6.45) is -2.12. The fourth-order valence-electron chi connectivity index (χ4n) is 2.98. The number of H-pyrrole nitrogens is 1. The lowest BCUT2D eigenvalue weighted by Gasteiger charge is -2.08. The number of carbonyl (C=O) groups is 2. The lowest BCUT2D eigenvalue weighted by molar-refractivity contribution is -0.141. The Hall–Kier alpha value is -4.26. The highest BCUT2D eigenvalue weighted by atomic mass is 35.5. The highest BCUT2D eigenvalue weighted by Gasteiger charge is 2.32. The fraction of sp³-hybridized carbons (Fsp3) is 0.182. The SMILES string of the molecule is COc1cccc(CC(=O)Cl)c1.Nc1n[nH]c2c(C(=O)NCc3ccnc(C(F)(F)F)c3)ncnc12. The standard InChI is InChI=1S/C13H10F3N7O.C9H9ClO2/c14-13(15,16)7-3-6(1-2-18-7)4-19-12(24)10-8-9(20-5-21-10)11(17)23-22-8;1-12-8-4-2-3-7(5-8)6-9(10)11/h1-3,5H,4H2,(H,19,24)(H3,17,22,23);2-5H,6H2,1H3. The summed E-state index contributed by atoms with van der Waals surface area (Å²) in [7, 11) is 1.58. The number of fused-ring (bicyclic) bond motifs is 1. The van der Waals surface area contributed by atoms with E-state index in [0.29, 0.717) is 5.52 Å². The molecule has 3 aromatic heterocycles. The van der Waals surface area contributed by atoms with Gasteiger partial charge < -0.3 is 15.8 Å². The number of benzene rings is 1. The van der Waals surface area contributed by atoms with Crippen LogP contribution in [0.2, 0.25) is 0 Å². The third-order valence-electron chi connectivity index (χ3n) is 4.64. The molecule has 0 aliphatic carbocycles. The van der Waals surface area contributed by atoms with Gasteiger partial charge >= 0.3 is 6.18 Å². The number of rotatable bonds is 6. The monoisotopic (exact) mass is 521 g/mol. The van der Waals surface area contributed by atoms with E-state index in [1.807, 2.05) is 18.2 Å². The maximum Gasteiger partial charge on any atom is 0.433 e. The van der Waals surface area contributed by atoms with Crippen molar-refractivity contribution in [1.29, 1.82) is 0 Å². The smallest absolute Gasteiger partial charge is 0.433 e. The minimum atomic E-state index is -4.55. The maximum atomic E-state index is 12.6. The molecule has 4 N–H and O–H groups in total. The fourth-order valence-corrected chi connectivity index (χ4v) is 3.13. The van der Waals surface area contributed by atoms with E-state index >= 15 is 0 Å². The topological polar surface area (TPSA) is 149 Å². The van der Waals surface area contributed by atoms with Crippen molar-refractivity contribution in [3.05, 3.63) is 71.4 Å². The van der Waals surface area contributed by atoms with Crippen molar-refractivity contribution in [3.63, 3.8) is 0 Å². The number of carbonyl (C=O) groups excluding carboxylic acids is 2. The first-order valence-corrected chi connectivity index (χ1v) is 10.5. The maximum absolute atomic E-state index is 12.6. The summed E-state index contributed by atoms with van der Waals surface area (Å²) in [5, 5.41) is 8.40. The van der Waals surface area contributed by atoms with Gasteiger partial charge in [0.15, 0.2) is 11.5 Å². The highest BCUT2D eigenvalue weighted by Crippen LogP contribution is 2.27. The van der Waals surface area contributed by atoms with Gasteiger partial charge in [-0.15, -0.1) is 0 Å². The number of nitrogens with one attached hydrogen (secondary N) is 2. The van der Waals surface area contributed by atoms with Gasteiger partial charge in [-0.1, -0.05) is 12.1 Å². The molecular weight excluding hydrogens is 503 g/mol. The van der Waals surface area contributed by atoms with Gasteiger partial charge in [-0.25, -0.2) is 9.97 Å².